The van der Waals surface area contributed by atoms with Gasteiger partial charge in [0, 0.05) is 11.4 Å². The summed E-state index contributed by atoms with van der Waals surface area (Å²) in [5.74, 6) is 0. The van der Waals surface area contributed by atoms with E-state index in [1.54, 1.807) is 0 Å². The second kappa shape index (κ2) is 4.95. The summed E-state index contributed by atoms with van der Waals surface area (Å²) >= 11 is 5.83. The van der Waals surface area contributed by atoms with Crippen molar-refractivity contribution in [3.8, 4) is 11.1 Å². The SMILES string of the molecule is O=CCc1cccc(-c2ccc(Cl)cc2)c1. The van der Waals surface area contributed by atoms with Crippen LogP contribution in [-0.4, -0.2) is 6.29 Å². The maximum Gasteiger partial charge on any atom is 0.124 e. The van der Waals surface area contributed by atoms with Crippen LogP contribution in [0.25, 0.3) is 11.1 Å². The molecule has 1 nitrogen and oxygen atoms in total. The largest absolute Gasteiger partial charge is 0.303 e. The molecule has 0 aliphatic heterocycles. The zero-order valence-corrected chi connectivity index (χ0v) is 9.45. The molecular weight excluding hydrogens is 220 g/mol. The highest BCUT2D eigenvalue weighted by molar-refractivity contribution is 6.30. The first-order valence-corrected chi connectivity index (χ1v) is 5.46. The third kappa shape index (κ3) is 2.50. The molecule has 0 amide bonds. The predicted molar refractivity (Wildman–Crippen MR) is 66.7 cm³/mol. The summed E-state index contributed by atoms with van der Waals surface area (Å²) in [6.45, 7) is 0. The fraction of sp³-hybridized carbons (Fsp3) is 0.0714. The van der Waals surface area contributed by atoms with Crippen molar-refractivity contribution in [1.29, 1.82) is 0 Å². The third-order valence-electron chi connectivity index (χ3n) is 2.42. The average Bonchev–Trinajstić information content (AvgIpc) is 2.31. The van der Waals surface area contributed by atoms with Crippen LogP contribution in [0, 0.1) is 0 Å². The number of carbonyl (C=O) groups excluding carboxylic acids is 1. The molecule has 0 atom stereocenters. The summed E-state index contributed by atoms with van der Waals surface area (Å²) in [6.07, 6.45) is 1.38. The molecule has 0 heterocycles. The molecule has 0 aromatic heterocycles. The Balaban J connectivity index is 2.36. The summed E-state index contributed by atoms with van der Waals surface area (Å²) in [7, 11) is 0. The van der Waals surface area contributed by atoms with Crippen molar-refractivity contribution in [2.24, 2.45) is 0 Å². The molecule has 0 saturated heterocycles. The number of rotatable bonds is 3. The van der Waals surface area contributed by atoms with Gasteiger partial charge in [-0.3, -0.25) is 0 Å². The van der Waals surface area contributed by atoms with Crippen LogP contribution in [-0.2, 0) is 11.2 Å². The summed E-state index contributed by atoms with van der Waals surface area (Å²) in [5, 5.41) is 0.729. The van der Waals surface area contributed by atoms with Gasteiger partial charge in [0.1, 0.15) is 6.29 Å². The van der Waals surface area contributed by atoms with Crippen LogP contribution in [0.2, 0.25) is 5.02 Å². The molecule has 0 aliphatic rings. The zero-order chi connectivity index (χ0) is 11.4. The Morgan fingerprint density at radius 1 is 1.00 bits per heavy atom. The van der Waals surface area contributed by atoms with E-state index in [4.69, 9.17) is 11.6 Å². The van der Waals surface area contributed by atoms with Crippen LogP contribution < -0.4 is 0 Å². The number of halogens is 1. The Labute approximate surface area is 99.7 Å². The smallest absolute Gasteiger partial charge is 0.124 e. The second-order valence-corrected chi connectivity index (χ2v) is 4.01. The van der Waals surface area contributed by atoms with Crippen molar-refractivity contribution in [2.75, 3.05) is 0 Å². The van der Waals surface area contributed by atoms with Gasteiger partial charge < -0.3 is 4.79 Å². The van der Waals surface area contributed by atoms with E-state index in [-0.39, 0.29) is 0 Å². The maximum absolute atomic E-state index is 10.4. The van der Waals surface area contributed by atoms with Crippen LogP contribution in [0.1, 0.15) is 5.56 Å². The zero-order valence-electron chi connectivity index (χ0n) is 8.69. The summed E-state index contributed by atoms with van der Waals surface area (Å²) in [6, 6.07) is 15.6. The van der Waals surface area contributed by atoms with E-state index < -0.39 is 0 Å². The molecule has 16 heavy (non-hydrogen) atoms. The van der Waals surface area contributed by atoms with Crippen LogP contribution in [0.3, 0.4) is 0 Å². The monoisotopic (exact) mass is 230 g/mol. The molecule has 0 spiro atoms. The first kappa shape index (κ1) is 10.9. The lowest BCUT2D eigenvalue weighted by Gasteiger charge is -2.03. The van der Waals surface area contributed by atoms with Crippen molar-refractivity contribution >= 4 is 17.9 Å². The molecule has 80 valence electrons. The Morgan fingerprint density at radius 2 is 1.75 bits per heavy atom. The predicted octanol–water partition coefficient (Wildman–Crippen LogP) is 3.75. The highest BCUT2D eigenvalue weighted by Gasteiger charge is 1.99. The molecular formula is C14H11ClO. The fourth-order valence-electron chi connectivity index (χ4n) is 1.62. The van der Waals surface area contributed by atoms with Gasteiger partial charge in [-0.05, 0) is 28.8 Å². The first-order chi connectivity index (χ1) is 7.79. The van der Waals surface area contributed by atoms with Gasteiger partial charge in [0.25, 0.3) is 0 Å². The molecule has 0 bridgehead atoms. The van der Waals surface area contributed by atoms with Crippen LogP contribution in [0.15, 0.2) is 48.5 Å². The van der Waals surface area contributed by atoms with Crippen molar-refractivity contribution in [1.82, 2.24) is 0 Å². The molecule has 2 rings (SSSR count). The standard InChI is InChI=1S/C14H11ClO/c15-14-6-4-12(5-7-14)13-3-1-2-11(10-13)8-9-16/h1-7,9-10H,8H2. The Morgan fingerprint density at radius 3 is 2.44 bits per heavy atom. The highest BCUT2D eigenvalue weighted by Crippen LogP contribution is 2.22. The van der Waals surface area contributed by atoms with Crippen molar-refractivity contribution < 1.29 is 4.79 Å². The molecule has 2 aromatic carbocycles. The molecule has 0 saturated carbocycles. The van der Waals surface area contributed by atoms with Crippen molar-refractivity contribution in [3.05, 3.63) is 59.1 Å². The average molecular weight is 231 g/mol. The van der Waals surface area contributed by atoms with Gasteiger partial charge in [0.15, 0.2) is 0 Å². The van der Waals surface area contributed by atoms with E-state index in [1.807, 2.05) is 48.5 Å². The van der Waals surface area contributed by atoms with Crippen molar-refractivity contribution in [2.45, 2.75) is 6.42 Å². The van der Waals surface area contributed by atoms with Gasteiger partial charge in [-0.25, -0.2) is 0 Å². The molecule has 0 aliphatic carbocycles. The summed E-state index contributed by atoms with van der Waals surface area (Å²) in [5.41, 5.74) is 3.25. The van der Waals surface area contributed by atoms with E-state index in [0.717, 1.165) is 28.0 Å². The number of hydrogen-bond donors (Lipinski definition) is 0. The Hall–Kier alpha value is -1.60. The lowest BCUT2D eigenvalue weighted by molar-refractivity contribution is -0.107. The number of aldehydes is 1. The van der Waals surface area contributed by atoms with Gasteiger partial charge in [-0.2, -0.15) is 0 Å². The number of carbonyl (C=O) groups is 1. The number of benzene rings is 2. The van der Waals surface area contributed by atoms with E-state index >= 15 is 0 Å². The Bertz CT molecular complexity index is 488. The Kier molecular flexibility index (Phi) is 3.37. The summed E-state index contributed by atoms with van der Waals surface area (Å²) in [4.78, 5) is 10.4. The van der Waals surface area contributed by atoms with Gasteiger partial charge in [0.05, 0.1) is 0 Å². The minimum Gasteiger partial charge on any atom is -0.303 e. The number of hydrogen-bond acceptors (Lipinski definition) is 1. The highest BCUT2D eigenvalue weighted by atomic mass is 35.5. The topological polar surface area (TPSA) is 17.1 Å². The van der Waals surface area contributed by atoms with Gasteiger partial charge in [-0.15, -0.1) is 0 Å². The molecule has 0 unspecified atom stereocenters. The quantitative estimate of drug-likeness (QED) is 0.734. The van der Waals surface area contributed by atoms with Crippen LogP contribution >= 0.6 is 11.6 Å². The van der Waals surface area contributed by atoms with Crippen LogP contribution in [0.5, 0.6) is 0 Å². The molecule has 2 aromatic rings. The minimum absolute atomic E-state index is 0.460. The maximum atomic E-state index is 10.4. The summed E-state index contributed by atoms with van der Waals surface area (Å²) < 4.78 is 0. The molecule has 2 heteroatoms. The van der Waals surface area contributed by atoms with Gasteiger partial charge in [-0.1, -0.05) is 48.0 Å². The van der Waals surface area contributed by atoms with E-state index in [1.165, 1.54) is 0 Å². The first-order valence-electron chi connectivity index (χ1n) is 5.08. The van der Waals surface area contributed by atoms with E-state index in [0.29, 0.717) is 6.42 Å². The fourth-order valence-corrected chi connectivity index (χ4v) is 1.74. The molecule has 0 N–H and O–H groups in total. The van der Waals surface area contributed by atoms with E-state index in [2.05, 4.69) is 0 Å². The van der Waals surface area contributed by atoms with Crippen LogP contribution in [0.4, 0.5) is 0 Å². The lowest BCUT2D eigenvalue weighted by Crippen LogP contribution is -1.86. The molecule has 0 fully saturated rings. The molecule has 0 radical (unpaired) electrons. The third-order valence-corrected chi connectivity index (χ3v) is 2.68. The minimum atomic E-state index is 0.460. The van der Waals surface area contributed by atoms with Gasteiger partial charge >= 0.3 is 0 Å². The lowest BCUT2D eigenvalue weighted by atomic mass is 10.0. The van der Waals surface area contributed by atoms with Crippen molar-refractivity contribution in [3.63, 3.8) is 0 Å². The van der Waals surface area contributed by atoms with E-state index in [9.17, 15) is 4.79 Å². The second-order valence-electron chi connectivity index (χ2n) is 3.58. The normalized spacial score (nSPS) is 10.1. The van der Waals surface area contributed by atoms with Gasteiger partial charge in [0.2, 0.25) is 0 Å².